The Labute approximate surface area is 130 Å². The lowest BCUT2D eigenvalue weighted by molar-refractivity contribution is 0.290. The van der Waals surface area contributed by atoms with Crippen molar-refractivity contribution in [3.8, 4) is 0 Å². The second-order valence-corrected chi connectivity index (χ2v) is 7.22. The molecule has 1 aliphatic rings. The number of rotatable bonds is 3. The number of nitrogens with zero attached hydrogens (tertiary/aromatic N) is 2. The molecule has 0 spiro atoms. The van der Waals surface area contributed by atoms with Crippen LogP contribution in [0.1, 0.15) is 0 Å². The summed E-state index contributed by atoms with van der Waals surface area (Å²) in [6.45, 7) is 4.43. The molecule has 1 aromatic carbocycles. The van der Waals surface area contributed by atoms with Crippen LogP contribution < -0.4 is 0 Å². The van der Waals surface area contributed by atoms with Gasteiger partial charge in [0.1, 0.15) is 0 Å². The first-order valence-corrected chi connectivity index (χ1v) is 8.78. The fourth-order valence-electron chi connectivity index (χ4n) is 2.41. The van der Waals surface area contributed by atoms with E-state index in [9.17, 15) is 0 Å². The Bertz CT molecular complexity index is 628. The van der Waals surface area contributed by atoms with Gasteiger partial charge in [0.05, 0.1) is 11.0 Å². The van der Waals surface area contributed by atoms with Crippen molar-refractivity contribution >= 4 is 50.9 Å². The lowest BCUT2D eigenvalue weighted by Gasteiger charge is -2.26. The summed E-state index contributed by atoms with van der Waals surface area (Å²) in [4.78, 5) is 5.80. The molecule has 0 aliphatic carbocycles. The molecule has 0 amide bonds. The normalized spacial score (nSPS) is 17.1. The lowest BCUT2D eigenvalue weighted by atomic mass is 10.3. The van der Waals surface area contributed by atoms with Crippen molar-refractivity contribution in [2.75, 3.05) is 31.1 Å². The average Bonchev–Trinajstić information content (AvgIpc) is 2.73. The molecular formula is C13H16BrN3S2. The minimum atomic E-state index is 0.819. The van der Waals surface area contributed by atoms with Crippen LogP contribution in [-0.2, 0) is 6.54 Å². The van der Waals surface area contributed by atoms with Crippen LogP contribution in [0.15, 0.2) is 22.7 Å². The van der Waals surface area contributed by atoms with Crippen molar-refractivity contribution in [1.29, 1.82) is 0 Å². The van der Waals surface area contributed by atoms with Crippen LogP contribution in [0, 0.1) is 4.77 Å². The molecule has 6 heteroatoms. The monoisotopic (exact) mass is 357 g/mol. The maximum atomic E-state index is 5.43. The Kier molecular flexibility index (Phi) is 4.31. The zero-order valence-electron chi connectivity index (χ0n) is 10.6. The highest BCUT2D eigenvalue weighted by molar-refractivity contribution is 9.10. The van der Waals surface area contributed by atoms with Crippen LogP contribution in [0.25, 0.3) is 11.0 Å². The van der Waals surface area contributed by atoms with Gasteiger partial charge in [-0.15, -0.1) is 0 Å². The SMILES string of the molecule is S=c1[nH]c2ccc(Br)cc2n1CCN1CCSCC1. The lowest BCUT2D eigenvalue weighted by Crippen LogP contribution is -2.35. The number of aromatic nitrogens is 2. The van der Waals surface area contributed by atoms with E-state index in [0.717, 1.165) is 27.8 Å². The van der Waals surface area contributed by atoms with Gasteiger partial charge in [0.2, 0.25) is 0 Å². The van der Waals surface area contributed by atoms with Gasteiger partial charge in [-0.2, -0.15) is 11.8 Å². The van der Waals surface area contributed by atoms with Gasteiger partial charge < -0.3 is 9.55 Å². The van der Waals surface area contributed by atoms with Gasteiger partial charge in [0.25, 0.3) is 0 Å². The molecule has 3 rings (SSSR count). The number of benzene rings is 1. The smallest absolute Gasteiger partial charge is 0.178 e. The first-order chi connectivity index (χ1) is 9.24. The summed E-state index contributed by atoms with van der Waals surface area (Å²) in [5, 5.41) is 0. The Morgan fingerprint density at radius 2 is 2.05 bits per heavy atom. The summed E-state index contributed by atoms with van der Waals surface area (Å²) < 4.78 is 4.12. The highest BCUT2D eigenvalue weighted by Crippen LogP contribution is 2.20. The molecule has 0 bridgehead atoms. The van der Waals surface area contributed by atoms with Gasteiger partial charge >= 0.3 is 0 Å². The zero-order valence-corrected chi connectivity index (χ0v) is 13.8. The van der Waals surface area contributed by atoms with Crippen LogP contribution in [0.5, 0.6) is 0 Å². The molecule has 1 N–H and O–H groups in total. The van der Waals surface area contributed by atoms with Gasteiger partial charge in [-0.25, -0.2) is 0 Å². The molecule has 19 heavy (non-hydrogen) atoms. The summed E-state index contributed by atoms with van der Waals surface area (Å²) in [6, 6.07) is 6.25. The number of halogens is 1. The Morgan fingerprint density at radius 1 is 1.26 bits per heavy atom. The molecule has 0 atom stereocenters. The minimum Gasteiger partial charge on any atom is -0.331 e. The third kappa shape index (κ3) is 3.07. The Hall–Kier alpha value is -0.300. The topological polar surface area (TPSA) is 24.0 Å². The van der Waals surface area contributed by atoms with E-state index in [1.165, 1.54) is 30.1 Å². The average molecular weight is 358 g/mol. The van der Waals surface area contributed by atoms with Gasteiger partial charge in [0.15, 0.2) is 4.77 Å². The Morgan fingerprint density at radius 3 is 2.84 bits per heavy atom. The molecule has 1 saturated heterocycles. The van der Waals surface area contributed by atoms with E-state index in [1.54, 1.807) is 0 Å². The van der Waals surface area contributed by atoms with Crippen molar-refractivity contribution in [1.82, 2.24) is 14.5 Å². The molecule has 2 aromatic rings. The van der Waals surface area contributed by atoms with E-state index in [-0.39, 0.29) is 0 Å². The predicted octanol–water partition coefficient (Wildman–Crippen LogP) is 3.51. The quantitative estimate of drug-likeness (QED) is 0.850. The maximum Gasteiger partial charge on any atom is 0.178 e. The van der Waals surface area contributed by atoms with Crippen molar-refractivity contribution in [2.45, 2.75) is 6.54 Å². The number of H-pyrrole nitrogens is 1. The summed E-state index contributed by atoms with van der Waals surface area (Å²) >= 11 is 11.0. The highest BCUT2D eigenvalue weighted by atomic mass is 79.9. The molecule has 1 aromatic heterocycles. The van der Waals surface area contributed by atoms with Gasteiger partial charge in [0, 0.05) is 42.2 Å². The summed E-state index contributed by atoms with van der Waals surface area (Å²) in [7, 11) is 0. The van der Waals surface area contributed by atoms with Gasteiger partial charge in [-0.3, -0.25) is 4.90 Å². The highest BCUT2D eigenvalue weighted by Gasteiger charge is 2.11. The first kappa shape index (κ1) is 13.7. The first-order valence-electron chi connectivity index (χ1n) is 6.42. The van der Waals surface area contributed by atoms with Gasteiger partial charge in [-0.05, 0) is 30.4 Å². The predicted molar refractivity (Wildman–Crippen MR) is 88.6 cm³/mol. The molecule has 0 saturated carbocycles. The zero-order chi connectivity index (χ0) is 13.2. The molecule has 3 nitrogen and oxygen atoms in total. The molecule has 2 heterocycles. The molecule has 1 aliphatic heterocycles. The minimum absolute atomic E-state index is 0.819. The van der Waals surface area contributed by atoms with Crippen molar-refractivity contribution in [2.24, 2.45) is 0 Å². The number of hydrogen-bond donors (Lipinski definition) is 1. The Balaban J connectivity index is 1.81. The molecule has 0 unspecified atom stereocenters. The van der Waals surface area contributed by atoms with E-state index >= 15 is 0 Å². The number of imidazole rings is 1. The van der Waals surface area contributed by atoms with Crippen molar-refractivity contribution < 1.29 is 0 Å². The van der Waals surface area contributed by atoms with Gasteiger partial charge in [-0.1, -0.05) is 15.9 Å². The fourth-order valence-corrected chi connectivity index (χ4v) is 4.04. The fraction of sp³-hybridized carbons (Fsp3) is 0.462. The largest absolute Gasteiger partial charge is 0.331 e. The summed E-state index contributed by atoms with van der Waals surface area (Å²) in [5.74, 6) is 2.51. The van der Waals surface area contributed by atoms with Crippen LogP contribution >= 0.6 is 39.9 Å². The number of thioether (sulfide) groups is 1. The third-order valence-corrected chi connectivity index (χ3v) is 5.24. The number of fused-ring (bicyclic) bond motifs is 1. The number of hydrogen-bond acceptors (Lipinski definition) is 3. The molecule has 1 fully saturated rings. The summed E-state index contributed by atoms with van der Waals surface area (Å²) in [5.41, 5.74) is 2.30. The van der Waals surface area contributed by atoms with Crippen LogP contribution in [-0.4, -0.2) is 45.6 Å². The maximum absolute atomic E-state index is 5.43. The van der Waals surface area contributed by atoms with Crippen LogP contribution in [0.4, 0.5) is 0 Å². The van der Waals surface area contributed by atoms with E-state index in [2.05, 4.69) is 42.5 Å². The second kappa shape index (κ2) is 5.99. The molecule has 102 valence electrons. The van der Waals surface area contributed by atoms with E-state index in [1.807, 2.05) is 17.8 Å². The van der Waals surface area contributed by atoms with E-state index in [0.29, 0.717) is 0 Å². The molecule has 0 radical (unpaired) electrons. The molecular weight excluding hydrogens is 342 g/mol. The number of nitrogens with one attached hydrogen (secondary N) is 1. The second-order valence-electron chi connectivity index (χ2n) is 4.70. The number of aromatic amines is 1. The van der Waals surface area contributed by atoms with Crippen LogP contribution in [0.2, 0.25) is 0 Å². The van der Waals surface area contributed by atoms with E-state index < -0.39 is 0 Å². The van der Waals surface area contributed by atoms with E-state index in [4.69, 9.17) is 12.2 Å². The van der Waals surface area contributed by atoms with Crippen molar-refractivity contribution in [3.05, 3.63) is 27.4 Å². The third-order valence-electron chi connectivity index (χ3n) is 3.48. The van der Waals surface area contributed by atoms with Crippen molar-refractivity contribution in [3.63, 3.8) is 0 Å². The van der Waals surface area contributed by atoms with Crippen LogP contribution in [0.3, 0.4) is 0 Å². The summed E-state index contributed by atoms with van der Waals surface area (Å²) in [6.07, 6.45) is 0. The standard InChI is InChI=1S/C13H16BrN3S2/c14-10-1-2-11-12(9-10)17(13(18)15-11)4-3-16-5-7-19-8-6-16/h1-2,9H,3-8H2,(H,15,18).